The molecule has 0 aromatic heterocycles. The van der Waals surface area contributed by atoms with Crippen LogP contribution in [0.3, 0.4) is 0 Å². The van der Waals surface area contributed by atoms with Gasteiger partial charge in [-0.1, -0.05) is 41.9 Å². The maximum absolute atomic E-state index is 12.4. The molecule has 0 aliphatic carbocycles. The van der Waals surface area contributed by atoms with Gasteiger partial charge in [0.2, 0.25) is 0 Å². The molecule has 1 atom stereocenters. The minimum Gasteiger partial charge on any atom is -0.396 e. The SMILES string of the molecule is Cc1cc(Br)c(NC(=O)N[C@@H](CCCO)c2ccccc2)cc1Cl. The Bertz CT molecular complexity index is 695. The molecule has 24 heavy (non-hydrogen) atoms. The molecule has 2 aromatic carbocycles. The average molecular weight is 412 g/mol. The van der Waals surface area contributed by atoms with Gasteiger partial charge in [0.15, 0.2) is 0 Å². The summed E-state index contributed by atoms with van der Waals surface area (Å²) in [5, 5.41) is 15.4. The fraction of sp³-hybridized carbons (Fsp3) is 0.278. The summed E-state index contributed by atoms with van der Waals surface area (Å²) >= 11 is 9.55. The van der Waals surface area contributed by atoms with E-state index in [1.54, 1.807) is 6.07 Å². The maximum Gasteiger partial charge on any atom is 0.319 e. The summed E-state index contributed by atoms with van der Waals surface area (Å²) < 4.78 is 0.770. The summed E-state index contributed by atoms with van der Waals surface area (Å²) in [6, 6.07) is 12.8. The molecular weight excluding hydrogens is 392 g/mol. The van der Waals surface area contributed by atoms with Crippen LogP contribution in [0.5, 0.6) is 0 Å². The number of hydrogen-bond acceptors (Lipinski definition) is 2. The third kappa shape index (κ3) is 5.23. The lowest BCUT2D eigenvalue weighted by atomic mass is 10.0. The zero-order valence-corrected chi connectivity index (χ0v) is 15.7. The van der Waals surface area contributed by atoms with E-state index < -0.39 is 0 Å². The Kier molecular flexibility index (Phi) is 7.09. The average Bonchev–Trinajstić information content (AvgIpc) is 2.57. The predicted molar refractivity (Wildman–Crippen MR) is 102 cm³/mol. The summed E-state index contributed by atoms with van der Waals surface area (Å²) in [5.41, 5.74) is 2.54. The van der Waals surface area contributed by atoms with E-state index in [0.29, 0.717) is 23.6 Å². The molecule has 2 aromatic rings. The molecule has 0 radical (unpaired) electrons. The third-order valence-electron chi connectivity index (χ3n) is 3.65. The molecule has 0 unspecified atom stereocenters. The van der Waals surface area contributed by atoms with Crippen molar-refractivity contribution in [2.75, 3.05) is 11.9 Å². The largest absolute Gasteiger partial charge is 0.396 e. The zero-order valence-electron chi connectivity index (χ0n) is 13.4. The number of urea groups is 1. The number of aliphatic hydroxyl groups excluding tert-OH is 1. The molecule has 0 saturated heterocycles. The van der Waals surface area contributed by atoms with Crippen LogP contribution in [0.25, 0.3) is 0 Å². The molecule has 0 spiro atoms. The lowest BCUT2D eigenvalue weighted by Gasteiger charge is -2.20. The first-order valence-corrected chi connectivity index (χ1v) is 8.87. The number of amides is 2. The highest BCUT2D eigenvalue weighted by Crippen LogP contribution is 2.29. The molecule has 6 heteroatoms. The van der Waals surface area contributed by atoms with Crippen molar-refractivity contribution in [1.82, 2.24) is 5.32 Å². The van der Waals surface area contributed by atoms with Crippen LogP contribution >= 0.6 is 27.5 Å². The van der Waals surface area contributed by atoms with E-state index in [2.05, 4.69) is 26.6 Å². The first-order valence-electron chi connectivity index (χ1n) is 7.70. The summed E-state index contributed by atoms with van der Waals surface area (Å²) in [7, 11) is 0. The summed E-state index contributed by atoms with van der Waals surface area (Å²) in [5.74, 6) is 0. The number of rotatable bonds is 6. The minimum absolute atomic E-state index is 0.0890. The number of hydrogen-bond donors (Lipinski definition) is 3. The van der Waals surface area contributed by atoms with Crippen LogP contribution in [0.1, 0.15) is 30.0 Å². The van der Waals surface area contributed by atoms with E-state index in [1.807, 2.05) is 43.3 Å². The van der Waals surface area contributed by atoms with E-state index in [0.717, 1.165) is 15.6 Å². The van der Waals surface area contributed by atoms with Crippen LogP contribution in [0.4, 0.5) is 10.5 Å². The summed E-state index contributed by atoms with van der Waals surface area (Å²) in [6.07, 6.45) is 1.27. The number of nitrogens with one attached hydrogen (secondary N) is 2. The van der Waals surface area contributed by atoms with E-state index in [-0.39, 0.29) is 18.7 Å². The van der Waals surface area contributed by atoms with Gasteiger partial charge in [-0.05, 0) is 59.0 Å². The van der Waals surface area contributed by atoms with Gasteiger partial charge >= 0.3 is 6.03 Å². The second-order valence-corrected chi connectivity index (χ2v) is 6.77. The number of aliphatic hydroxyl groups is 1. The highest BCUT2D eigenvalue weighted by Gasteiger charge is 2.15. The topological polar surface area (TPSA) is 61.4 Å². The van der Waals surface area contributed by atoms with Gasteiger partial charge in [0.25, 0.3) is 0 Å². The van der Waals surface area contributed by atoms with Crippen molar-refractivity contribution >= 4 is 39.2 Å². The smallest absolute Gasteiger partial charge is 0.319 e. The number of aryl methyl sites for hydroxylation is 1. The number of anilines is 1. The molecular formula is C18H20BrClN2O2. The molecule has 0 aliphatic heterocycles. The molecule has 0 fully saturated rings. The second-order valence-electron chi connectivity index (χ2n) is 5.51. The molecule has 0 heterocycles. The summed E-state index contributed by atoms with van der Waals surface area (Å²) in [6.45, 7) is 1.99. The maximum atomic E-state index is 12.4. The van der Waals surface area contributed by atoms with Crippen molar-refractivity contribution < 1.29 is 9.90 Å². The van der Waals surface area contributed by atoms with Crippen molar-refractivity contribution in [3.63, 3.8) is 0 Å². The van der Waals surface area contributed by atoms with Gasteiger partial charge < -0.3 is 15.7 Å². The van der Waals surface area contributed by atoms with Crippen molar-refractivity contribution in [2.45, 2.75) is 25.8 Å². The van der Waals surface area contributed by atoms with Crippen LogP contribution in [0.2, 0.25) is 5.02 Å². The van der Waals surface area contributed by atoms with Crippen LogP contribution in [0.15, 0.2) is 46.9 Å². The first-order chi connectivity index (χ1) is 11.5. The highest BCUT2D eigenvalue weighted by atomic mass is 79.9. The molecule has 4 nitrogen and oxygen atoms in total. The van der Waals surface area contributed by atoms with Gasteiger partial charge in [0, 0.05) is 16.1 Å². The molecule has 128 valence electrons. The monoisotopic (exact) mass is 410 g/mol. The quantitative estimate of drug-likeness (QED) is 0.623. The third-order valence-corrected chi connectivity index (χ3v) is 4.72. The second kappa shape index (κ2) is 9.06. The Morgan fingerprint density at radius 1 is 1.29 bits per heavy atom. The van der Waals surface area contributed by atoms with E-state index in [4.69, 9.17) is 16.7 Å². The normalized spacial score (nSPS) is 11.8. The molecule has 0 bridgehead atoms. The minimum atomic E-state index is -0.317. The number of benzene rings is 2. The van der Waals surface area contributed by atoms with Gasteiger partial charge in [-0.2, -0.15) is 0 Å². The molecule has 0 aliphatic rings. The van der Waals surface area contributed by atoms with Crippen LogP contribution in [-0.2, 0) is 0 Å². The number of carbonyl (C=O) groups excluding carboxylic acids is 1. The molecule has 0 saturated carbocycles. The summed E-state index contributed by atoms with van der Waals surface area (Å²) in [4.78, 5) is 12.4. The first kappa shape index (κ1) is 18.8. The van der Waals surface area contributed by atoms with Crippen molar-refractivity contribution in [1.29, 1.82) is 0 Å². The van der Waals surface area contributed by atoms with E-state index >= 15 is 0 Å². The lowest BCUT2D eigenvalue weighted by molar-refractivity contribution is 0.244. The van der Waals surface area contributed by atoms with Crippen molar-refractivity contribution in [3.05, 3.63) is 63.1 Å². The standard InChI is InChI=1S/C18H20BrClN2O2/c1-12-10-14(19)17(11-15(12)20)22-18(24)21-16(8-5-9-23)13-6-3-2-4-7-13/h2-4,6-7,10-11,16,23H,5,8-9H2,1H3,(H2,21,22,24)/t16-/m0/s1. The van der Waals surface area contributed by atoms with E-state index in [1.165, 1.54) is 0 Å². The Morgan fingerprint density at radius 3 is 2.67 bits per heavy atom. The van der Waals surface area contributed by atoms with Crippen LogP contribution < -0.4 is 10.6 Å². The highest BCUT2D eigenvalue weighted by molar-refractivity contribution is 9.10. The Balaban J connectivity index is 2.09. The fourth-order valence-corrected chi connectivity index (χ4v) is 3.08. The van der Waals surface area contributed by atoms with Crippen LogP contribution in [0, 0.1) is 6.92 Å². The number of carbonyl (C=O) groups is 1. The van der Waals surface area contributed by atoms with Crippen molar-refractivity contribution in [2.24, 2.45) is 0 Å². The number of halogens is 2. The molecule has 2 rings (SSSR count). The Morgan fingerprint density at radius 2 is 2.00 bits per heavy atom. The van der Waals surface area contributed by atoms with Crippen LogP contribution in [-0.4, -0.2) is 17.7 Å². The van der Waals surface area contributed by atoms with Crippen molar-refractivity contribution in [3.8, 4) is 0 Å². The van der Waals surface area contributed by atoms with Gasteiger partial charge in [-0.3, -0.25) is 0 Å². The van der Waals surface area contributed by atoms with Gasteiger partial charge in [0.1, 0.15) is 0 Å². The zero-order chi connectivity index (χ0) is 17.5. The predicted octanol–water partition coefficient (Wildman–Crippen LogP) is 5.05. The fourth-order valence-electron chi connectivity index (χ4n) is 2.36. The van der Waals surface area contributed by atoms with Gasteiger partial charge in [-0.25, -0.2) is 4.79 Å². The van der Waals surface area contributed by atoms with Gasteiger partial charge in [0.05, 0.1) is 11.7 Å². The van der Waals surface area contributed by atoms with E-state index in [9.17, 15) is 4.79 Å². The Hall–Kier alpha value is -1.56. The molecule has 3 N–H and O–H groups in total. The molecule has 2 amide bonds. The lowest BCUT2D eigenvalue weighted by Crippen LogP contribution is -2.32. The Labute approximate surface area is 155 Å². The van der Waals surface area contributed by atoms with Gasteiger partial charge in [-0.15, -0.1) is 0 Å².